The molecule has 0 bridgehead atoms. The standard InChI is InChI=1S/C16H13ClN4O2/c17-12-5-3-4-11-10(12)7-8-13(11)18-15-16(21(22)23)20-9-2-1-6-14(20)19-15/h1-6,9,13,18H,7-8H2/t13-/m1/s1. The first kappa shape index (κ1) is 14.0. The molecule has 116 valence electrons. The van der Waals surface area contributed by atoms with Gasteiger partial charge < -0.3 is 15.4 Å². The number of pyridine rings is 1. The molecule has 1 atom stereocenters. The number of anilines is 1. The Bertz CT molecular complexity index is 922. The highest BCUT2D eigenvalue weighted by molar-refractivity contribution is 6.31. The summed E-state index contributed by atoms with van der Waals surface area (Å²) >= 11 is 6.23. The Balaban J connectivity index is 1.76. The van der Waals surface area contributed by atoms with Crippen molar-refractivity contribution in [2.75, 3.05) is 5.32 Å². The minimum absolute atomic E-state index is 0.0210. The molecule has 0 unspecified atom stereocenters. The number of rotatable bonds is 3. The average molecular weight is 329 g/mol. The van der Waals surface area contributed by atoms with Crippen LogP contribution in [0.3, 0.4) is 0 Å². The van der Waals surface area contributed by atoms with E-state index >= 15 is 0 Å². The van der Waals surface area contributed by atoms with E-state index in [0.717, 1.165) is 29.0 Å². The third-order valence-electron chi connectivity index (χ3n) is 4.20. The van der Waals surface area contributed by atoms with Crippen LogP contribution in [0.5, 0.6) is 0 Å². The Kier molecular flexibility index (Phi) is 3.20. The molecular formula is C16H13ClN4O2. The number of nitro groups is 1. The molecule has 2 heterocycles. The zero-order chi connectivity index (χ0) is 16.0. The molecule has 3 aromatic rings. The van der Waals surface area contributed by atoms with Gasteiger partial charge in [-0.3, -0.25) is 0 Å². The van der Waals surface area contributed by atoms with Crippen LogP contribution in [0.1, 0.15) is 23.6 Å². The van der Waals surface area contributed by atoms with Crippen molar-refractivity contribution in [2.24, 2.45) is 0 Å². The fourth-order valence-corrected chi connectivity index (χ4v) is 3.46. The van der Waals surface area contributed by atoms with Gasteiger partial charge in [-0.15, -0.1) is 0 Å². The SMILES string of the molecule is O=[N+]([O-])c1c(N[C@@H]2CCc3c(Cl)cccc32)nc2ccccn12. The minimum Gasteiger partial charge on any atom is -0.358 e. The number of halogens is 1. The summed E-state index contributed by atoms with van der Waals surface area (Å²) in [6, 6.07) is 11.1. The molecule has 0 saturated heterocycles. The molecule has 4 rings (SSSR count). The Morgan fingerprint density at radius 2 is 2.17 bits per heavy atom. The van der Waals surface area contributed by atoms with E-state index in [1.165, 1.54) is 4.40 Å². The summed E-state index contributed by atoms with van der Waals surface area (Å²) in [4.78, 5) is 15.4. The first-order valence-corrected chi connectivity index (χ1v) is 7.68. The van der Waals surface area contributed by atoms with Gasteiger partial charge >= 0.3 is 5.82 Å². The molecule has 0 radical (unpaired) electrons. The first-order chi connectivity index (χ1) is 11.1. The van der Waals surface area contributed by atoms with E-state index in [1.807, 2.05) is 18.2 Å². The van der Waals surface area contributed by atoms with Crippen molar-refractivity contribution in [3.63, 3.8) is 0 Å². The number of imidazole rings is 1. The van der Waals surface area contributed by atoms with E-state index < -0.39 is 4.92 Å². The predicted octanol–water partition coefficient (Wildman–Crippen LogP) is 4.00. The number of nitrogens with zero attached hydrogens (tertiary/aromatic N) is 3. The maximum Gasteiger partial charge on any atom is 0.372 e. The van der Waals surface area contributed by atoms with Crippen molar-refractivity contribution in [1.29, 1.82) is 0 Å². The Morgan fingerprint density at radius 3 is 3.00 bits per heavy atom. The molecule has 0 fully saturated rings. The van der Waals surface area contributed by atoms with Gasteiger partial charge in [0.15, 0.2) is 0 Å². The van der Waals surface area contributed by atoms with Gasteiger partial charge in [-0.1, -0.05) is 29.8 Å². The fourth-order valence-electron chi connectivity index (χ4n) is 3.18. The summed E-state index contributed by atoms with van der Waals surface area (Å²) in [6.07, 6.45) is 3.34. The van der Waals surface area contributed by atoms with Gasteiger partial charge in [-0.2, -0.15) is 9.38 Å². The highest BCUT2D eigenvalue weighted by Crippen LogP contribution is 2.39. The number of hydrogen-bond acceptors (Lipinski definition) is 4. The maximum absolute atomic E-state index is 11.5. The second-order valence-electron chi connectivity index (χ2n) is 5.51. The lowest BCUT2D eigenvalue weighted by Gasteiger charge is -2.13. The summed E-state index contributed by atoms with van der Waals surface area (Å²) in [6.45, 7) is 0. The molecule has 7 heteroatoms. The number of hydrogen-bond donors (Lipinski definition) is 1. The monoisotopic (exact) mass is 328 g/mol. The molecule has 0 saturated carbocycles. The van der Waals surface area contributed by atoms with E-state index in [9.17, 15) is 10.1 Å². The first-order valence-electron chi connectivity index (χ1n) is 7.30. The van der Waals surface area contributed by atoms with E-state index in [4.69, 9.17) is 11.6 Å². The van der Waals surface area contributed by atoms with E-state index in [1.54, 1.807) is 24.4 Å². The van der Waals surface area contributed by atoms with Crippen molar-refractivity contribution >= 4 is 28.9 Å². The van der Waals surface area contributed by atoms with Gasteiger partial charge in [0.25, 0.3) is 0 Å². The highest BCUT2D eigenvalue weighted by atomic mass is 35.5. The molecule has 6 nitrogen and oxygen atoms in total. The highest BCUT2D eigenvalue weighted by Gasteiger charge is 2.29. The molecule has 0 spiro atoms. The zero-order valence-corrected chi connectivity index (χ0v) is 12.8. The van der Waals surface area contributed by atoms with Crippen LogP contribution in [0, 0.1) is 10.1 Å². The number of fused-ring (bicyclic) bond motifs is 2. The molecule has 0 aliphatic heterocycles. The molecular weight excluding hydrogens is 316 g/mol. The van der Waals surface area contributed by atoms with Crippen LogP contribution in [-0.2, 0) is 6.42 Å². The second-order valence-corrected chi connectivity index (χ2v) is 5.92. The van der Waals surface area contributed by atoms with Crippen LogP contribution in [0.4, 0.5) is 11.6 Å². The molecule has 1 N–H and O–H groups in total. The van der Waals surface area contributed by atoms with E-state index in [0.29, 0.717) is 11.5 Å². The van der Waals surface area contributed by atoms with Gasteiger partial charge in [0.1, 0.15) is 0 Å². The Hall–Kier alpha value is -2.60. The summed E-state index contributed by atoms with van der Waals surface area (Å²) in [5.74, 6) is 0.245. The van der Waals surface area contributed by atoms with Crippen molar-refractivity contribution in [3.05, 3.63) is 68.9 Å². The fraction of sp³-hybridized carbons (Fsp3) is 0.188. The smallest absolute Gasteiger partial charge is 0.358 e. The number of nitrogens with one attached hydrogen (secondary N) is 1. The molecule has 0 amide bonds. The zero-order valence-electron chi connectivity index (χ0n) is 12.1. The molecule has 1 aromatic carbocycles. The summed E-state index contributed by atoms with van der Waals surface area (Å²) in [7, 11) is 0. The number of aromatic nitrogens is 2. The summed E-state index contributed by atoms with van der Waals surface area (Å²) in [5, 5.41) is 15.4. The quantitative estimate of drug-likeness (QED) is 0.582. The van der Waals surface area contributed by atoms with Crippen LogP contribution in [0.25, 0.3) is 5.65 Å². The average Bonchev–Trinajstić information content (AvgIpc) is 3.10. The second kappa shape index (κ2) is 5.24. The van der Waals surface area contributed by atoms with Gasteiger partial charge in [0.05, 0.1) is 12.2 Å². The molecule has 1 aliphatic carbocycles. The topological polar surface area (TPSA) is 72.5 Å². The lowest BCUT2D eigenvalue weighted by Crippen LogP contribution is -2.09. The summed E-state index contributed by atoms with van der Waals surface area (Å²) < 4.78 is 1.48. The lowest BCUT2D eigenvalue weighted by atomic mass is 10.1. The van der Waals surface area contributed by atoms with Crippen LogP contribution >= 0.6 is 11.6 Å². The molecule has 1 aliphatic rings. The maximum atomic E-state index is 11.5. The van der Waals surface area contributed by atoms with Gasteiger partial charge in [-0.05, 0) is 41.0 Å². The summed E-state index contributed by atoms with van der Waals surface area (Å²) in [5.41, 5.74) is 2.74. The van der Waals surface area contributed by atoms with Crippen LogP contribution in [0.15, 0.2) is 42.6 Å². The van der Waals surface area contributed by atoms with Crippen LogP contribution in [-0.4, -0.2) is 14.3 Å². The lowest BCUT2D eigenvalue weighted by molar-refractivity contribution is -0.389. The van der Waals surface area contributed by atoms with Crippen LogP contribution in [0.2, 0.25) is 5.02 Å². The third-order valence-corrected chi connectivity index (χ3v) is 4.56. The third kappa shape index (κ3) is 2.22. The predicted molar refractivity (Wildman–Crippen MR) is 88.0 cm³/mol. The van der Waals surface area contributed by atoms with Crippen molar-refractivity contribution in [2.45, 2.75) is 18.9 Å². The molecule has 23 heavy (non-hydrogen) atoms. The Morgan fingerprint density at radius 1 is 1.30 bits per heavy atom. The number of benzene rings is 1. The van der Waals surface area contributed by atoms with Crippen molar-refractivity contribution < 1.29 is 4.92 Å². The van der Waals surface area contributed by atoms with E-state index in [2.05, 4.69) is 10.3 Å². The molecule has 2 aromatic heterocycles. The van der Waals surface area contributed by atoms with Crippen molar-refractivity contribution in [1.82, 2.24) is 9.38 Å². The van der Waals surface area contributed by atoms with Gasteiger partial charge in [0, 0.05) is 11.1 Å². The van der Waals surface area contributed by atoms with Crippen LogP contribution < -0.4 is 5.32 Å². The van der Waals surface area contributed by atoms with E-state index in [-0.39, 0.29) is 11.9 Å². The minimum atomic E-state index is -0.407. The van der Waals surface area contributed by atoms with Gasteiger partial charge in [-0.25, -0.2) is 0 Å². The van der Waals surface area contributed by atoms with Gasteiger partial charge in [0.2, 0.25) is 11.5 Å². The normalized spacial score (nSPS) is 16.5. The largest absolute Gasteiger partial charge is 0.372 e. The van der Waals surface area contributed by atoms with Crippen molar-refractivity contribution in [3.8, 4) is 0 Å². The Labute approximate surface area is 136 Å².